The number of benzene rings is 1. The van der Waals surface area contributed by atoms with Crippen molar-refractivity contribution in [1.29, 1.82) is 0 Å². The van der Waals surface area contributed by atoms with Gasteiger partial charge in [-0.05, 0) is 50.5 Å². The molecule has 1 amide bonds. The van der Waals surface area contributed by atoms with Gasteiger partial charge in [0.25, 0.3) is 5.91 Å². The molecule has 1 aromatic carbocycles. The Balaban J connectivity index is 1.45. The van der Waals surface area contributed by atoms with Gasteiger partial charge in [-0.3, -0.25) is 4.79 Å². The number of nitrogens with zero attached hydrogens (tertiary/aromatic N) is 1. The summed E-state index contributed by atoms with van der Waals surface area (Å²) in [5, 5.41) is 3.06. The second-order valence-corrected chi connectivity index (χ2v) is 7.61. The van der Waals surface area contributed by atoms with Gasteiger partial charge in [-0.1, -0.05) is 25.3 Å². The highest BCUT2D eigenvalue weighted by Gasteiger charge is 2.22. The van der Waals surface area contributed by atoms with E-state index >= 15 is 0 Å². The molecule has 1 aromatic heterocycles. The van der Waals surface area contributed by atoms with E-state index in [1.54, 1.807) is 0 Å². The standard InChI is InChI=1S/C22H28N2O3/c1-15-12-19(16(2)24(15)18-6-4-3-5-7-18)22(25)23-14-17-8-9-20-21(13-17)27-11-10-26-20/h8-9,12-13,18H,3-7,10-11,14H2,1-2H3,(H,23,25). The zero-order valence-electron chi connectivity index (χ0n) is 16.2. The topological polar surface area (TPSA) is 52.5 Å². The lowest BCUT2D eigenvalue weighted by atomic mass is 9.95. The van der Waals surface area contributed by atoms with Crippen molar-refractivity contribution in [3.63, 3.8) is 0 Å². The van der Waals surface area contributed by atoms with Crippen LogP contribution >= 0.6 is 0 Å². The fourth-order valence-electron chi connectivity index (χ4n) is 4.38. The van der Waals surface area contributed by atoms with Crippen LogP contribution in [0.25, 0.3) is 0 Å². The van der Waals surface area contributed by atoms with Crippen LogP contribution in [0, 0.1) is 13.8 Å². The van der Waals surface area contributed by atoms with Gasteiger partial charge in [0.1, 0.15) is 13.2 Å². The van der Waals surface area contributed by atoms with E-state index in [-0.39, 0.29) is 5.91 Å². The summed E-state index contributed by atoms with van der Waals surface area (Å²) in [5.41, 5.74) is 4.06. The second kappa shape index (κ2) is 7.67. The van der Waals surface area contributed by atoms with Gasteiger partial charge in [0.05, 0.1) is 5.56 Å². The van der Waals surface area contributed by atoms with E-state index in [0.717, 1.165) is 28.3 Å². The maximum Gasteiger partial charge on any atom is 0.253 e. The van der Waals surface area contributed by atoms with Crippen molar-refractivity contribution in [2.45, 2.75) is 58.5 Å². The molecule has 144 valence electrons. The molecule has 0 saturated heterocycles. The Hall–Kier alpha value is -2.43. The van der Waals surface area contributed by atoms with Gasteiger partial charge >= 0.3 is 0 Å². The fraction of sp³-hybridized carbons (Fsp3) is 0.500. The summed E-state index contributed by atoms with van der Waals surface area (Å²) in [7, 11) is 0. The Kier molecular flexibility index (Phi) is 5.10. The van der Waals surface area contributed by atoms with Crippen LogP contribution in [0.3, 0.4) is 0 Å². The van der Waals surface area contributed by atoms with Crippen LogP contribution in [0.15, 0.2) is 24.3 Å². The number of aryl methyl sites for hydroxylation is 1. The molecule has 4 rings (SSSR count). The molecule has 5 heteroatoms. The first kappa shape index (κ1) is 18.0. The van der Waals surface area contributed by atoms with E-state index in [1.807, 2.05) is 24.3 Å². The van der Waals surface area contributed by atoms with Crippen LogP contribution < -0.4 is 14.8 Å². The number of carbonyl (C=O) groups is 1. The molecule has 1 fully saturated rings. The number of ether oxygens (including phenoxy) is 2. The quantitative estimate of drug-likeness (QED) is 0.875. The van der Waals surface area contributed by atoms with Gasteiger partial charge in [0.15, 0.2) is 11.5 Å². The molecular formula is C22H28N2O3. The predicted octanol–water partition coefficient (Wildman–Crippen LogP) is 4.31. The molecule has 0 atom stereocenters. The molecule has 2 aromatic rings. The van der Waals surface area contributed by atoms with Gasteiger partial charge in [-0.15, -0.1) is 0 Å². The lowest BCUT2D eigenvalue weighted by Gasteiger charge is -2.26. The SMILES string of the molecule is Cc1cc(C(=O)NCc2ccc3c(c2)OCCO3)c(C)n1C1CCCCC1. The third-order valence-corrected chi connectivity index (χ3v) is 5.73. The number of rotatable bonds is 4. The largest absolute Gasteiger partial charge is 0.486 e. The van der Waals surface area contributed by atoms with Crippen LogP contribution in [0.2, 0.25) is 0 Å². The summed E-state index contributed by atoms with van der Waals surface area (Å²) in [5.74, 6) is 1.51. The van der Waals surface area contributed by atoms with Gasteiger partial charge in [-0.2, -0.15) is 0 Å². The molecule has 1 saturated carbocycles. The minimum Gasteiger partial charge on any atom is -0.486 e. The van der Waals surface area contributed by atoms with Crippen molar-refractivity contribution < 1.29 is 14.3 Å². The number of hydrogen-bond donors (Lipinski definition) is 1. The molecule has 0 bridgehead atoms. The molecule has 5 nitrogen and oxygen atoms in total. The van der Waals surface area contributed by atoms with Crippen molar-refractivity contribution in [3.8, 4) is 11.5 Å². The number of aromatic nitrogens is 1. The number of carbonyl (C=O) groups excluding carboxylic acids is 1. The lowest BCUT2D eigenvalue weighted by Crippen LogP contribution is -2.24. The van der Waals surface area contributed by atoms with Crippen LogP contribution in [-0.2, 0) is 6.54 Å². The number of amides is 1. The summed E-state index contributed by atoms with van der Waals surface area (Å²) in [6.07, 6.45) is 6.34. The maximum atomic E-state index is 12.8. The molecule has 0 unspecified atom stereocenters. The first-order valence-electron chi connectivity index (χ1n) is 9.98. The molecule has 2 heterocycles. The number of fused-ring (bicyclic) bond motifs is 1. The Bertz CT molecular complexity index is 834. The molecule has 0 spiro atoms. The maximum absolute atomic E-state index is 12.8. The first-order valence-corrected chi connectivity index (χ1v) is 9.98. The number of hydrogen-bond acceptors (Lipinski definition) is 3. The highest BCUT2D eigenvalue weighted by atomic mass is 16.6. The van der Waals surface area contributed by atoms with Gasteiger partial charge in [0, 0.05) is 24.0 Å². The highest BCUT2D eigenvalue weighted by Crippen LogP contribution is 2.33. The van der Waals surface area contributed by atoms with Crippen molar-refractivity contribution >= 4 is 5.91 Å². The van der Waals surface area contributed by atoms with Crippen molar-refractivity contribution in [2.75, 3.05) is 13.2 Å². The van der Waals surface area contributed by atoms with Gasteiger partial charge in [0.2, 0.25) is 0 Å². The molecule has 1 aliphatic carbocycles. The Morgan fingerprint density at radius 1 is 1.07 bits per heavy atom. The molecule has 27 heavy (non-hydrogen) atoms. The fourth-order valence-corrected chi connectivity index (χ4v) is 4.38. The van der Waals surface area contributed by atoms with Crippen molar-refractivity contribution in [2.24, 2.45) is 0 Å². The van der Waals surface area contributed by atoms with E-state index in [2.05, 4.69) is 23.7 Å². The van der Waals surface area contributed by atoms with Gasteiger partial charge in [-0.25, -0.2) is 0 Å². The Morgan fingerprint density at radius 3 is 2.59 bits per heavy atom. The Morgan fingerprint density at radius 2 is 1.81 bits per heavy atom. The van der Waals surface area contributed by atoms with E-state index < -0.39 is 0 Å². The van der Waals surface area contributed by atoms with E-state index in [4.69, 9.17) is 9.47 Å². The monoisotopic (exact) mass is 368 g/mol. The molecule has 1 N–H and O–H groups in total. The zero-order valence-corrected chi connectivity index (χ0v) is 16.2. The number of nitrogens with one attached hydrogen (secondary N) is 1. The smallest absolute Gasteiger partial charge is 0.253 e. The Labute approximate surface area is 160 Å². The average Bonchev–Trinajstić information content (AvgIpc) is 3.01. The summed E-state index contributed by atoms with van der Waals surface area (Å²) < 4.78 is 13.5. The van der Waals surface area contributed by atoms with Crippen LogP contribution in [0.4, 0.5) is 0 Å². The minimum atomic E-state index is -0.0138. The normalized spacial score (nSPS) is 17.0. The highest BCUT2D eigenvalue weighted by molar-refractivity contribution is 5.95. The predicted molar refractivity (Wildman–Crippen MR) is 105 cm³/mol. The third kappa shape index (κ3) is 3.68. The van der Waals surface area contributed by atoms with Gasteiger partial charge < -0.3 is 19.4 Å². The second-order valence-electron chi connectivity index (χ2n) is 7.61. The van der Waals surface area contributed by atoms with E-state index in [9.17, 15) is 4.79 Å². The summed E-state index contributed by atoms with van der Waals surface area (Å²) >= 11 is 0. The van der Waals surface area contributed by atoms with E-state index in [1.165, 1.54) is 37.8 Å². The zero-order chi connectivity index (χ0) is 18.8. The average molecular weight is 368 g/mol. The van der Waals surface area contributed by atoms with Crippen molar-refractivity contribution in [3.05, 3.63) is 46.8 Å². The summed E-state index contributed by atoms with van der Waals surface area (Å²) in [4.78, 5) is 12.8. The van der Waals surface area contributed by atoms with Crippen LogP contribution in [0.5, 0.6) is 11.5 Å². The summed E-state index contributed by atoms with van der Waals surface area (Å²) in [6, 6.07) is 8.39. The molecule has 1 aliphatic heterocycles. The summed E-state index contributed by atoms with van der Waals surface area (Å²) in [6.45, 7) is 5.80. The third-order valence-electron chi connectivity index (χ3n) is 5.73. The molecule has 2 aliphatic rings. The van der Waals surface area contributed by atoms with Crippen LogP contribution in [-0.4, -0.2) is 23.7 Å². The lowest BCUT2D eigenvalue weighted by molar-refractivity contribution is 0.0950. The minimum absolute atomic E-state index is 0.0138. The van der Waals surface area contributed by atoms with E-state index in [0.29, 0.717) is 25.8 Å². The van der Waals surface area contributed by atoms with Crippen LogP contribution in [0.1, 0.15) is 65.5 Å². The van der Waals surface area contributed by atoms with Crippen molar-refractivity contribution in [1.82, 2.24) is 9.88 Å². The first-order chi connectivity index (χ1) is 13.1. The molecular weight excluding hydrogens is 340 g/mol. The molecule has 0 radical (unpaired) electrons.